The van der Waals surface area contributed by atoms with Crippen LogP contribution in [0.3, 0.4) is 0 Å². The van der Waals surface area contributed by atoms with Crippen LogP contribution in [0.2, 0.25) is 0 Å². The third-order valence-electron chi connectivity index (χ3n) is 4.81. The van der Waals surface area contributed by atoms with Crippen molar-refractivity contribution in [3.63, 3.8) is 0 Å². The number of fused-ring (bicyclic) bond motifs is 1. The van der Waals surface area contributed by atoms with Crippen LogP contribution in [-0.4, -0.2) is 19.3 Å². The summed E-state index contributed by atoms with van der Waals surface area (Å²) in [5.41, 5.74) is 4.07. The van der Waals surface area contributed by atoms with Gasteiger partial charge in [0.2, 0.25) is 0 Å². The molecule has 1 heterocycles. The highest BCUT2D eigenvalue weighted by Crippen LogP contribution is 2.24. The molecule has 0 fully saturated rings. The number of benzene rings is 3. The number of aromatic amines is 1. The molecule has 1 aromatic heterocycles. The van der Waals surface area contributed by atoms with Crippen LogP contribution < -0.4 is 10.0 Å². The average molecular weight is 420 g/mol. The highest BCUT2D eigenvalue weighted by Gasteiger charge is 2.16. The van der Waals surface area contributed by atoms with Crippen LogP contribution in [0.15, 0.2) is 77.7 Å². The number of rotatable bonds is 5. The molecule has 3 aromatic carbocycles. The molecule has 7 heteroatoms. The summed E-state index contributed by atoms with van der Waals surface area (Å²) in [6.45, 7) is 3.80. The zero-order valence-corrected chi connectivity index (χ0v) is 17.4. The van der Waals surface area contributed by atoms with Crippen LogP contribution in [0, 0.1) is 13.8 Å². The summed E-state index contributed by atoms with van der Waals surface area (Å²) in [6.07, 6.45) is 0. The lowest BCUT2D eigenvalue weighted by Gasteiger charge is -2.13. The van der Waals surface area contributed by atoms with E-state index in [1.807, 2.05) is 25.1 Å². The standard InChI is InChI=1S/C23H21N3O3S/c1-15-8-11-20-17(12-15)13-22(25-20)23(27)24-18-10-9-16(2)21(14-18)26-30(28,29)19-6-4-3-5-7-19/h3-14,25-26H,1-2H3,(H,24,27). The molecule has 0 aliphatic carbocycles. The van der Waals surface area contributed by atoms with Gasteiger partial charge in [-0.15, -0.1) is 0 Å². The second-order valence-electron chi connectivity index (χ2n) is 7.18. The molecule has 30 heavy (non-hydrogen) atoms. The number of sulfonamides is 1. The summed E-state index contributed by atoms with van der Waals surface area (Å²) in [5.74, 6) is -0.301. The minimum Gasteiger partial charge on any atom is -0.351 e. The molecule has 0 bridgehead atoms. The van der Waals surface area contributed by atoms with E-state index in [4.69, 9.17) is 0 Å². The van der Waals surface area contributed by atoms with Gasteiger partial charge >= 0.3 is 0 Å². The Morgan fingerprint density at radius 2 is 1.67 bits per heavy atom. The van der Waals surface area contributed by atoms with Crippen LogP contribution in [0.25, 0.3) is 10.9 Å². The van der Waals surface area contributed by atoms with Crippen molar-refractivity contribution in [1.29, 1.82) is 0 Å². The summed E-state index contributed by atoms with van der Waals surface area (Å²) in [5, 5.41) is 3.78. The van der Waals surface area contributed by atoms with E-state index in [1.165, 1.54) is 12.1 Å². The van der Waals surface area contributed by atoms with Crippen LogP contribution >= 0.6 is 0 Å². The topological polar surface area (TPSA) is 91.1 Å². The van der Waals surface area contributed by atoms with Crippen LogP contribution in [0.4, 0.5) is 11.4 Å². The summed E-state index contributed by atoms with van der Waals surface area (Å²) in [6, 6.07) is 21.0. The van der Waals surface area contributed by atoms with E-state index in [-0.39, 0.29) is 10.8 Å². The Morgan fingerprint density at radius 1 is 0.900 bits per heavy atom. The molecule has 6 nitrogen and oxygen atoms in total. The number of amides is 1. The molecular weight excluding hydrogens is 398 g/mol. The Balaban J connectivity index is 1.57. The molecule has 0 aliphatic rings. The fourth-order valence-electron chi connectivity index (χ4n) is 3.19. The van der Waals surface area contributed by atoms with E-state index < -0.39 is 10.0 Å². The largest absolute Gasteiger partial charge is 0.351 e. The molecule has 0 unspecified atom stereocenters. The lowest BCUT2D eigenvalue weighted by atomic mass is 10.2. The number of carbonyl (C=O) groups is 1. The monoisotopic (exact) mass is 419 g/mol. The third kappa shape index (κ3) is 4.06. The Bertz CT molecular complexity index is 1340. The molecular formula is C23H21N3O3S. The summed E-state index contributed by atoms with van der Waals surface area (Å²) in [7, 11) is -3.72. The minimum absolute atomic E-state index is 0.173. The summed E-state index contributed by atoms with van der Waals surface area (Å²) < 4.78 is 27.9. The first kappa shape index (κ1) is 19.7. The third-order valence-corrected chi connectivity index (χ3v) is 6.20. The van der Waals surface area contributed by atoms with E-state index in [0.29, 0.717) is 17.1 Å². The number of aromatic nitrogens is 1. The quantitative estimate of drug-likeness (QED) is 0.432. The molecule has 4 aromatic rings. The summed E-state index contributed by atoms with van der Waals surface area (Å²) in [4.78, 5) is 16.0. The fourth-order valence-corrected chi connectivity index (χ4v) is 4.33. The smallest absolute Gasteiger partial charge is 0.272 e. The van der Waals surface area contributed by atoms with Gasteiger partial charge in [0.1, 0.15) is 5.69 Å². The average Bonchev–Trinajstić information content (AvgIpc) is 3.14. The minimum atomic E-state index is -3.72. The highest BCUT2D eigenvalue weighted by atomic mass is 32.2. The van der Waals surface area contributed by atoms with Gasteiger partial charge in [-0.3, -0.25) is 9.52 Å². The Kier molecular flexibility index (Phi) is 5.05. The number of anilines is 2. The normalized spacial score (nSPS) is 11.4. The van der Waals surface area contributed by atoms with Crippen molar-refractivity contribution in [2.24, 2.45) is 0 Å². The number of hydrogen-bond donors (Lipinski definition) is 3. The van der Waals surface area contributed by atoms with Crippen molar-refractivity contribution in [2.75, 3.05) is 10.0 Å². The van der Waals surface area contributed by atoms with Crippen molar-refractivity contribution in [2.45, 2.75) is 18.7 Å². The maximum Gasteiger partial charge on any atom is 0.272 e. The van der Waals surface area contributed by atoms with Crippen LogP contribution in [0.5, 0.6) is 0 Å². The van der Waals surface area contributed by atoms with Gasteiger partial charge in [-0.2, -0.15) is 0 Å². The molecule has 1 amide bonds. The number of carbonyl (C=O) groups excluding carboxylic acids is 1. The van der Waals surface area contributed by atoms with E-state index in [0.717, 1.165) is 22.0 Å². The first-order valence-corrected chi connectivity index (χ1v) is 10.9. The van der Waals surface area contributed by atoms with E-state index >= 15 is 0 Å². The van der Waals surface area contributed by atoms with Crippen molar-refractivity contribution in [3.05, 3.63) is 89.6 Å². The molecule has 152 valence electrons. The van der Waals surface area contributed by atoms with Crippen molar-refractivity contribution in [3.8, 4) is 0 Å². The number of hydrogen-bond acceptors (Lipinski definition) is 3. The maximum absolute atomic E-state index is 12.7. The van der Waals surface area contributed by atoms with Crippen molar-refractivity contribution in [1.82, 2.24) is 4.98 Å². The number of H-pyrrole nitrogens is 1. The zero-order valence-electron chi connectivity index (χ0n) is 16.6. The van der Waals surface area contributed by atoms with Crippen LogP contribution in [-0.2, 0) is 10.0 Å². The van der Waals surface area contributed by atoms with Gasteiger partial charge in [0.25, 0.3) is 15.9 Å². The van der Waals surface area contributed by atoms with Gasteiger partial charge in [0.05, 0.1) is 10.6 Å². The molecule has 4 rings (SSSR count). The molecule has 0 aliphatic heterocycles. The molecule has 0 saturated heterocycles. The SMILES string of the molecule is Cc1ccc2[nH]c(C(=O)Nc3ccc(C)c(NS(=O)(=O)c4ccccc4)c3)cc2c1. The fraction of sp³-hybridized carbons (Fsp3) is 0.0870. The highest BCUT2D eigenvalue weighted by molar-refractivity contribution is 7.92. The summed E-state index contributed by atoms with van der Waals surface area (Å²) >= 11 is 0. The first-order chi connectivity index (χ1) is 14.3. The van der Waals surface area contributed by atoms with Crippen molar-refractivity contribution < 1.29 is 13.2 Å². The first-order valence-electron chi connectivity index (χ1n) is 9.41. The number of nitrogens with one attached hydrogen (secondary N) is 3. The van der Waals surface area contributed by atoms with E-state index in [9.17, 15) is 13.2 Å². The lowest BCUT2D eigenvalue weighted by molar-refractivity contribution is 0.102. The van der Waals surface area contributed by atoms with E-state index in [1.54, 1.807) is 49.4 Å². The Morgan fingerprint density at radius 3 is 2.43 bits per heavy atom. The molecule has 3 N–H and O–H groups in total. The van der Waals surface area contributed by atoms with Gasteiger partial charge in [0, 0.05) is 16.6 Å². The Hall–Kier alpha value is -3.58. The van der Waals surface area contributed by atoms with Crippen molar-refractivity contribution >= 4 is 38.2 Å². The van der Waals surface area contributed by atoms with Gasteiger partial charge in [-0.25, -0.2) is 8.42 Å². The predicted octanol–water partition coefficient (Wildman–Crippen LogP) is 4.84. The second-order valence-corrected chi connectivity index (χ2v) is 8.86. The van der Waals surface area contributed by atoms with Gasteiger partial charge < -0.3 is 10.3 Å². The second kappa shape index (κ2) is 7.68. The van der Waals surface area contributed by atoms with Gasteiger partial charge in [0.15, 0.2) is 0 Å². The van der Waals surface area contributed by atoms with Crippen LogP contribution in [0.1, 0.15) is 21.6 Å². The molecule has 0 saturated carbocycles. The van der Waals surface area contributed by atoms with Gasteiger partial charge in [-0.05, 0) is 61.9 Å². The van der Waals surface area contributed by atoms with Gasteiger partial charge in [-0.1, -0.05) is 35.9 Å². The molecule has 0 atom stereocenters. The maximum atomic E-state index is 12.7. The van der Waals surface area contributed by atoms with E-state index in [2.05, 4.69) is 15.0 Å². The molecule has 0 spiro atoms. The number of aryl methyl sites for hydroxylation is 2. The lowest BCUT2D eigenvalue weighted by Crippen LogP contribution is -2.15. The Labute approximate surface area is 175 Å². The predicted molar refractivity (Wildman–Crippen MR) is 119 cm³/mol. The molecule has 0 radical (unpaired) electrons. The zero-order chi connectivity index (χ0) is 21.3.